The minimum atomic E-state index is 0.347. The first-order valence-electron chi connectivity index (χ1n) is 5.64. The van der Waals surface area contributed by atoms with Crippen molar-refractivity contribution in [1.82, 2.24) is 5.32 Å². The van der Waals surface area contributed by atoms with Crippen molar-refractivity contribution in [2.24, 2.45) is 11.3 Å². The minimum Gasteiger partial charge on any atom is -0.385 e. The van der Waals surface area contributed by atoms with Crippen molar-refractivity contribution >= 4 is 0 Å². The molecule has 0 aliphatic carbocycles. The molecule has 14 heavy (non-hydrogen) atoms. The molecule has 0 saturated heterocycles. The minimum absolute atomic E-state index is 0.347. The Kier molecular flexibility index (Phi) is 6.38. The standard InChI is InChI=1S/C12H27NO/c1-10(2)12(5,7-8-14-6)9-13-11(3)4/h10-11,13H,7-9H2,1-6H3. The Morgan fingerprint density at radius 1 is 1.21 bits per heavy atom. The SMILES string of the molecule is COCCC(C)(CNC(C)C)C(C)C. The van der Waals surface area contributed by atoms with Crippen molar-refractivity contribution in [2.75, 3.05) is 20.3 Å². The summed E-state index contributed by atoms with van der Waals surface area (Å²) in [6.45, 7) is 13.2. The fourth-order valence-corrected chi connectivity index (χ4v) is 1.35. The number of methoxy groups -OCH3 is 1. The number of hydrogen-bond acceptors (Lipinski definition) is 2. The molecule has 0 aliphatic heterocycles. The van der Waals surface area contributed by atoms with Gasteiger partial charge >= 0.3 is 0 Å². The molecule has 0 spiro atoms. The normalized spacial score (nSPS) is 16.3. The van der Waals surface area contributed by atoms with Crippen LogP contribution in [0.25, 0.3) is 0 Å². The molecule has 0 fully saturated rings. The average Bonchev–Trinajstić information content (AvgIpc) is 2.11. The van der Waals surface area contributed by atoms with Gasteiger partial charge in [0.15, 0.2) is 0 Å². The van der Waals surface area contributed by atoms with E-state index in [1.165, 1.54) is 0 Å². The molecule has 0 heterocycles. The van der Waals surface area contributed by atoms with Gasteiger partial charge in [0.25, 0.3) is 0 Å². The van der Waals surface area contributed by atoms with Gasteiger partial charge < -0.3 is 10.1 Å². The highest BCUT2D eigenvalue weighted by molar-refractivity contribution is 4.80. The van der Waals surface area contributed by atoms with Crippen LogP contribution in [0.5, 0.6) is 0 Å². The second kappa shape index (κ2) is 6.41. The maximum absolute atomic E-state index is 5.17. The molecule has 2 heteroatoms. The van der Waals surface area contributed by atoms with Crippen molar-refractivity contribution in [1.29, 1.82) is 0 Å². The lowest BCUT2D eigenvalue weighted by atomic mass is 9.76. The third kappa shape index (κ3) is 4.97. The first kappa shape index (κ1) is 13.9. The van der Waals surface area contributed by atoms with Crippen LogP contribution >= 0.6 is 0 Å². The molecule has 0 radical (unpaired) electrons. The maximum Gasteiger partial charge on any atom is 0.0468 e. The van der Waals surface area contributed by atoms with Crippen LogP contribution in [0.2, 0.25) is 0 Å². The van der Waals surface area contributed by atoms with E-state index in [1.807, 2.05) is 0 Å². The monoisotopic (exact) mass is 201 g/mol. The number of hydrogen-bond donors (Lipinski definition) is 1. The van der Waals surface area contributed by atoms with E-state index in [9.17, 15) is 0 Å². The van der Waals surface area contributed by atoms with E-state index in [2.05, 4.69) is 39.9 Å². The van der Waals surface area contributed by atoms with Crippen LogP contribution < -0.4 is 5.32 Å². The predicted molar refractivity (Wildman–Crippen MR) is 62.6 cm³/mol. The Hall–Kier alpha value is -0.0800. The molecule has 1 atom stereocenters. The van der Waals surface area contributed by atoms with Crippen molar-refractivity contribution in [3.05, 3.63) is 0 Å². The lowest BCUT2D eigenvalue weighted by Gasteiger charge is -2.34. The molecule has 0 amide bonds. The summed E-state index contributed by atoms with van der Waals surface area (Å²) in [4.78, 5) is 0. The zero-order valence-electron chi connectivity index (χ0n) is 10.7. The van der Waals surface area contributed by atoms with E-state index in [0.29, 0.717) is 17.4 Å². The quantitative estimate of drug-likeness (QED) is 0.684. The summed E-state index contributed by atoms with van der Waals surface area (Å²) in [6.07, 6.45) is 1.13. The van der Waals surface area contributed by atoms with Gasteiger partial charge in [-0.2, -0.15) is 0 Å². The molecular weight excluding hydrogens is 174 g/mol. The smallest absolute Gasteiger partial charge is 0.0468 e. The van der Waals surface area contributed by atoms with Crippen molar-refractivity contribution in [3.8, 4) is 0 Å². The van der Waals surface area contributed by atoms with Crippen LogP contribution in [-0.2, 0) is 4.74 Å². The van der Waals surface area contributed by atoms with E-state index >= 15 is 0 Å². The van der Waals surface area contributed by atoms with E-state index < -0.39 is 0 Å². The zero-order valence-corrected chi connectivity index (χ0v) is 10.7. The fraction of sp³-hybridized carbons (Fsp3) is 1.00. The highest BCUT2D eigenvalue weighted by Crippen LogP contribution is 2.30. The lowest BCUT2D eigenvalue weighted by molar-refractivity contribution is 0.109. The van der Waals surface area contributed by atoms with E-state index in [-0.39, 0.29) is 0 Å². The largest absolute Gasteiger partial charge is 0.385 e. The highest BCUT2D eigenvalue weighted by atomic mass is 16.5. The summed E-state index contributed by atoms with van der Waals surface area (Å²) in [5.41, 5.74) is 0.347. The molecule has 0 aromatic rings. The van der Waals surface area contributed by atoms with Crippen LogP contribution in [0, 0.1) is 11.3 Å². The predicted octanol–water partition coefficient (Wildman–Crippen LogP) is 2.68. The van der Waals surface area contributed by atoms with Gasteiger partial charge in [-0.25, -0.2) is 0 Å². The van der Waals surface area contributed by atoms with E-state index in [4.69, 9.17) is 4.74 Å². The summed E-state index contributed by atoms with van der Waals surface area (Å²) in [5, 5.41) is 3.52. The second-order valence-corrected chi connectivity index (χ2v) is 5.09. The molecule has 1 unspecified atom stereocenters. The van der Waals surface area contributed by atoms with Gasteiger partial charge in [-0.1, -0.05) is 34.6 Å². The van der Waals surface area contributed by atoms with Gasteiger partial charge in [0.2, 0.25) is 0 Å². The summed E-state index contributed by atoms with van der Waals surface area (Å²) in [5.74, 6) is 0.684. The first-order valence-corrected chi connectivity index (χ1v) is 5.64. The van der Waals surface area contributed by atoms with Crippen molar-refractivity contribution in [2.45, 2.75) is 47.1 Å². The lowest BCUT2D eigenvalue weighted by Crippen LogP contribution is -2.39. The van der Waals surface area contributed by atoms with Gasteiger partial charge in [0.05, 0.1) is 0 Å². The number of rotatable bonds is 7. The molecule has 2 nitrogen and oxygen atoms in total. The highest BCUT2D eigenvalue weighted by Gasteiger charge is 2.27. The van der Waals surface area contributed by atoms with Gasteiger partial charge in [-0.05, 0) is 17.8 Å². The van der Waals surface area contributed by atoms with Gasteiger partial charge in [0, 0.05) is 26.3 Å². The third-order valence-electron chi connectivity index (χ3n) is 3.19. The van der Waals surface area contributed by atoms with Gasteiger partial charge in [0.1, 0.15) is 0 Å². The zero-order chi connectivity index (χ0) is 11.2. The molecule has 0 bridgehead atoms. The van der Waals surface area contributed by atoms with Crippen LogP contribution in [0.1, 0.15) is 41.0 Å². The summed E-state index contributed by atoms with van der Waals surface area (Å²) < 4.78 is 5.17. The molecule has 0 rings (SSSR count). The molecule has 0 saturated carbocycles. The third-order valence-corrected chi connectivity index (χ3v) is 3.19. The average molecular weight is 201 g/mol. The molecule has 0 aromatic carbocycles. The Balaban J connectivity index is 4.10. The maximum atomic E-state index is 5.17. The Morgan fingerprint density at radius 2 is 1.79 bits per heavy atom. The van der Waals surface area contributed by atoms with E-state index in [1.54, 1.807) is 7.11 Å². The topological polar surface area (TPSA) is 21.3 Å². The molecule has 0 aromatic heterocycles. The Morgan fingerprint density at radius 3 is 2.14 bits per heavy atom. The van der Waals surface area contributed by atoms with E-state index in [0.717, 1.165) is 19.6 Å². The van der Waals surface area contributed by atoms with Crippen molar-refractivity contribution < 1.29 is 4.74 Å². The van der Waals surface area contributed by atoms with Crippen molar-refractivity contribution in [3.63, 3.8) is 0 Å². The molecule has 0 aliphatic rings. The summed E-state index contributed by atoms with van der Waals surface area (Å²) in [7, 11) is 1.77. The Bertz CT molecular complexity index is 145. The molecule has 1 N–H and O–H groups in total. The summed E-state index contributed by atoms with van der Waals surface area (Å²) in [6, 6.07) is 0.565. The summed E-state index contributed by atoms with van der Waals surface area (Å²) >= 11 is 0. The van der Waals surface area contributed by atoms with Gasteiger partial charge in [-0.3, -0.25) is 0 Å². The number of nitrogens with one attached hydrogen (secondary N) is 1. The molecular formula is C12H27NO. The fourth-order valence-electron chi connectivity index (χ4n) is 1.35. The van der Waals surface area contributed by atoms with Crippen LogP contribution in [0.3, 0.4) is 0 Å². The molecule has 86 valence electrons. The number of ether oxygens (including phenoxy) is 1. The second-order valence-electron chi connectivity index (χ2n) is 5.09. The first-order chi connectivity index (χ1) is 6.42. The Labute approximate surface area is 89.4 Å². The van der Waals surface area contributed by atoms with Crippen LogP contribution in [0.4, 0.5) is 0 Å². The van der Waals surface area contributed by atoms with Crippen LogP contribution in [-0.4, -0.2) is 26.3 Å². The van der Waals surface area contributed by atoms with Crippen LogP contribution in [0.15, 0.2) is 0 Å². The van der Waals surface area contributed by atoms with Gasteiger partial charge in [-0.15, -0.1) is 0 Å².